The number of halogens is 1. The molecule has 1 aromatic rings. The quantitative estimate of drug-likeness (QED) is 0.764. The van der Waals surface area contributed by atoms with E-state index in [1.807, 2.05) is 0 Å². The summed E-state index contributed by atoms with van der Waals surface area (Å²) >= 11 is 7.72. The number of phenols is 1. The Bertz CT molecular complexity index is 273. The maximum absolute atomic E-state index is 9.52. The van der Waals surface area contributed by atoms with Crippen molar-refractivity contribution in [3.05, 3.63) is 28.8 Å². The molecule has 0 aliphatic carbocycles. The number of rotatable bonds is 5. The van der Waals surface area contributed by atoms with Crippen LogP contribution in [0.15, 0.2) is 18.2 Å². The molecule has 78 valence electrons. The Balaban J connectivity index is 2.49. The van der Waals surface area contributed by atoms with E-state index in [1.165, 1.54) is 0 Å². The molecule has 0 saturated carbocycles. The highest BCUT2D eigenvalue weighted by Gasteiger charge is 2.04. The lowest BCUT2D eigenvalue weighted by Gasteiger charge is -2.07. The van der Waals surface area contributed by atoms with Gasteiger partial charge >= 0.3 is 0 Å². The van der Waals surface area contributed by atoms with E-state index in [-0.39, 0.29) is 5.75 Å². The van der Waals surface area contributed by atoms with Crippen LogP contribution in [0.3, 0.4) is 0 Å². The van der Waals surface area contributed by atoms with Crippen molar-refractivity contribution in [3.63, 3.8) is 0 Å². The summed E-state index contributed by atoms with van der Waals surface area (Å²) < 4.78 is 0. The van der Waals surface area contributed by atoms with Crippen molar-refractivity contribution in [1.29, 1.82) is 0 Å². The molecule has 0 aliphatic heterocycles. The molecule has 14 heavy (non-hydrogen) atoms. The van der Waals surface area contributed by atoms with Gasteiger partial charge in [0.2, 0.25) is 0 Å². The van der Waals surface area contributed by atoms with E-state index in [9.17, 15) is 5.11 Å². The molecule has 2 nitrogen and oxygen atoms in total. The molecule has 0 aliphatic rings. The van der Waals surface area contributed by atoms with Gasteiger partial charge in [-0.05, 0) is 18.4 Å². The normalized spacial score (nSPS) is 10.4. The third-order valence-electron chi connectivity index (χ3n) is 1.88. The summed E-state index contributed by atoms with van der Waals surface area (Å²) in [7, 11) is 0. The zero-order valence-electron chi connectivity index (χ0n) is 8.09. The molecular weight excluding hydrogens is 218 g/mol. The van der Waals surface area contributed by atoms with Crippen LogP contribution in [0.1, 0.15) is 5.56 Å². The van der Waals surface area contributed by atoms with E-state index in [0.717, 1.165) is 17.9 Å². The van der Waals surface area contributed by atoms with E-state index in [2.05, 4.69) is 11.6 Å². The van der Waals surface area contributed by atoms with Crippen LogP contribution in [0.25, 0.3) is 0 Å². The Kier molecular flexibility index (Phi) is 5.15. The smallest absolute Gasteiger partial charge is 0.121 e. The van der Waals surface area contributed by atoms with Crippen LogP contribution in [0.5, 0.6) is 5.75 Å². The van der Waals surface area contributed by atoms with E-state index in [4.69, 9.17) is 11.6 Å². The molecule has 0 heterocycles. The third kappa shape index (κ3) is 3.40. The van der Waals surface area contributed by atoms with Gasteiger partial charge in [0.05, 0.1) is 0 Å². The Morgan fingerprint density at radius 1 is 1.50 bits per heavy atom. The third-order valence-corrected chi connectivity index (χ3v) is 2.85. The fourth-order valence-electron chi connectivity index (χ4n) is 1.11. The Morgan fingerprint density at radius 2 is 2.29 bits per heavy atom. The van der Waals surface area contributed by atoms with Gasteiger partial charge < -0.3 is 10.4 Å². The average Bonchev–Trinajstić information content (AvgIpc) is 2.16. The second-order valence-electron chi connectivity index (χ2n) is 2.91. The first-order valence-corrected chi connectivity index (χ1v) is 6.19. The minimum absolute atomic E-state index is 0.258. The van der Waals surface area contributed by atoms with Gasteiger partial charge in [0.25, 0.3) is 0 Å². The molecule has 0 amide bonds. The fraction of sp³-hybridized carbons (Fsp3) is 0.400. The zero-order chi connectivity index (χ0) is 10.4. The topological polar surface area (TPSA) is 32.3 Å². The number of thioether (sulfide) groups is 1. The van der Waals surface area contributed by atoms with Gasteiger partial charge in [-0.25, -0.2) is 0 Å². The molecule has 2 N–H and O–H groups in total. The minimum atomic E-state index is 0.258. The summed E-state index contributed by atoms with van der Waals surface area (Å²) in [6, 6.07) is 5.17. The molecular formula is C10H14ClNOS. The monoisotopic (exact) mass is 231 g/mol. The summed E-state index contributed by atoms with van der Waals surface area (Å²) in [5, 5.41) is 13.3. The van der Waals surface area contributed by atoms with Crippen LogP contribution in [0, 0.1) is 0 Å². The Hall–Kier alpha value is -0.380. The maximum Gasteiger partial charge on any atom is 0.121 e. The molecule has 0 spiro atoms. The number of hydrogen-bond acceptors (Lipinski definition) is 3. The standard InChI is InChI=1S/C10H14ClNOS/c1-14-6-5-12-7-8-9(11)3-2-4-10(8)13/h2-4,12-13H,5-7H2,1H3. The van der Waals surface area contributed by atoms with E-state index >= 15 is 0 Å². The summed E-state index contributed by atoms with van der Waals surface area (Å²) in [5.74, 6) is 1.32. The number of hydrogen-bond donors (Lipinski definition) is 2. The van der Waals surface area contributed by atoms with E-state index in [1.54, 1.807) is 30.0 Å². The van der Waals surface area contributed by atoms with Gasteiger partial charge in [-0.2, -0.15) is 11.8 Å². The molecule has 0 aromatic heterocycles. The van der Waals surface area contributed by atoms with Crippen LogP contribution in [0.4, 0.5) is 0 Å². The van der Waals surface area contributed by atoms with Gasteiger partial charge in [0, 0.05) is 29.4 Å². The molecule has 1 aromatic carbocycles. The first kappa shape index (κ1) is 11.7. The molecule has 0 fully saturated rings. The van der Waals surface area contributed by atoms with Crippen LogP contribution in [-0.2, 0) is 6.54 Å². The van der Waals surface area contributed by atoms with Gasteiger partial charge in [-0.3, -0.25) is 0 Å². The number of benzene rings is 1. The maximum atomic E-state index is 9.52. The molecule has 4 heteroatoms. The lowest BCUT2D eigenvalue weighted by molar-refractivity contribution is 0.465. The largest absolute Gasteiger partial charge is 0.508 e. The Labute approximate surface area is 93.7 Å². The molecule has 0 unspecified atom stereocenters. The van der Waals surface area contributed by atoms with Gasteiger partial charge in [-0.1, -0.05) is 17.7 Å². The summed E-state index contributed by atoms with van der Waals surface area (Å²) in [6.07, 6.45) is 2.06. The van der Waals surface area contributed by atoms with Crippen molar-refractivity contribution >= 4 is 23.4 Å². The van der Waals surface area contributed by atoms with Crippen LogP contribution >= 0.6 is 23.4 Å². The highest BCUT2D eigenvalue weighted by molar-refractivity contribution is 7.98. The van der Waals surface area contributed by atoms with Gasteiger partial charge in [0.15, 0.2) is 0 Å². The van der Waals surface area contributed by atoms with Crippen molar-refractivity contribution in [2.75, 3.05) is 18.6 Å². The van der Waals surface area contributed by atoms with Crippen molar-refractivity contribution in [2.45, 2.75) is 6.54 Å². The molecule has 1 rings (SSSR count). The van der Waals surface area contributed by atoms with Gasteiger partial charge in [-0.15, -0.1) is 0 Å². The summed E-state index contributed by atoms with van der Waals surface area (Å²) in [6.45, 7) is 1.54. The second-order valence-corrected chi connectivity index (χ2v) is 4.30. The van der Waals surface area contributed by atoms with Crippen LogP contribution < -0.4 is 5.32 Å². The van der Waals surface area contributed by atoms with Crippen molar-refractivity contribution in [2.24, 2.45) is 0 Å². The highest BCUT2D eigenvalue weighted by atomic mass is 35.5. The fourth-order valence-corrected chi connectivity index (χ4v) is 1.69. The number of phenolic OH excluding ortho intramolecular Hbond substituents is 1. The summed E-state index contributed by atoms with van der Waals surface area (Å²) in [5.41, 5.74) is 0.773. The minimum Gasteiger partial charge on any atom is -0.508 e. The predicted octanol–water partition coefficient (Wildman–Crippen LogP) is 2.50. The lowest BCUT2D eigenvalue weighted by atomic mass is 10.2. The SMILES string of the molecule is CSCCNCc1c(O)cccc1Cl. The Morgan fingerprint density at radius 3 is 2.93 bits per heavy atom. The lowest BCUT2D eigenvalue weighted by Crippen LogP contribution is -2.16. The predicted molar refractivity (Wildman–Crippen MR) is 63.2 cm³/mol. The molecule has 0 saturated heterocycles. The molecule has 0 bridgehead atoms. The van der Waals surface area contributed by atoms with Gasteiger partial charge in [0.1, 0.15) is 5.75 Å². The highest BCUT2D eigenvalue weighted by Crippen LogP contribution is 2.24. The van der Waals surface area contributed by atoms with Crippen LogP contribution in [0.2, 0.25) is 5.02 Å². The zero-order valence-corrected chi connectivity index (χ0v) is 9.66. The first-order valence-electron chi connectivity index (χ1n) is 4.41. The van der Waals surface area contributed by atoms with E-state index in [0.29, 0.717) is 11.6 Å². The molecule has 0 atom stereocenters. The molecule has 0 radical (unpaired) electrons. The number of aromatic hydroxyl groups is 1. The number of nitrogens with one attached hydrogen (secondary N) is 1. The second kappa shape index (κ2) is 6.17. The van der Waals surface area contributed by atoms with Crippen molar-refractivity contribution in [3.8, 4) is 5.75 Å². The van der Waals surface area contributed by atoms with Crippen LogP contribution in [-0.4, -0.2) is 23.7 Å². The first-order chi connectivity index (χ1) is 6.75. The average molecular weight is 232 g/mol. The summed E-state index contributed by atoms with van der Waals surface area (Å²) in [4.78, 5) is 0. The van der Waals surface area contributed by atoms with Crippen molar-refractivity contribution < 1.29 is 5.11 Å². The van der Waals surface area contributed by atoms with Crippen molar-refractivity contribution in [1.82, 2.24) is 5.32 Å². The van der Waals surface area contributed by atoms with E-state index < -0.39 is 0 Å².